The number of benzene rings is 1. The van der Waals surface area contributed by atoms with Gasteiger partial charge in [-0.2, -0.15) is 0 Å². The number of rotatable bonds is 6. The number of hydrogen-bond donors (Lipinski definition) is 2. The summed E-state index contributed by atoms with van der Waals surface area (Å²) in [5.74, 6) is -1.16. The fraction of sp³-hybridized carbons (Fsp3) is 0.455. The Morgan fingerprint density at radius 3 is 2.35 bits per heavy atom. The molecule has 0 aliphatic heterocycles. The first-order valence-electron chi connectivity index (χ1n) is 5.92. The quantitative estimate of drug-likeness (QED) is 0.812. The third kappa shape index (κ3) is 4.23. The van der Waals surface area contributed by atoms with Crippen LogP contribution in [0.25, 0.3) is 0 Å². The lowest BCUT2D eigenvalue weighted by molar-refractivity contribution is 0.529. The Morgan fingerprint density at radius 2 is 1.90 bits per heavy atom. The van der Waals surface area contributed by atoms with Crippen molar-refractivity contribution >= 4 is 20.0 Å². The molecule has 1 aromatic rings. The number of sulfonamides is 2. The van der Waals surface area contributed by atoms with Gasteiger partial charge in [0.25, 0.3) is 0 Å². The van der Waals surface area contributed by atoms with E-state index in [0.29, 0.717) is 12.5 Å². The van der Waals surface area contributed by atoms with Crippen molar-refractivity contribution in [3.05, 3.63) is 24.0 Å². The summed E-state index contributed by atoms with van der Waals surface area (Å²) in [6.45, 7) is 3.56. The highest BCUT2D eigenvalue weighted by Crippen LogP contribution is 2.18. The average Bonchev–Trinajstić information content (AvgIpc) is 2.26. The molecule has 9 heteroatoms. The highest BCUT2D eigenvalue weighted by molar-refractivity contribution is 7.89. The van der Waals surface area contributed by atoms with Gasteiger partial charge in [0, 0.05) is 6.04 Å². The largest absolute Gasteiger partial charge is 0.243 e. The molecule has 0 spiro atoms. The van der Waals surface area contributed by atoms with Crippen LogP contribution >= 0.6 is 0 Å². The summed E-state index contributed by atoms with van der Waals surface area (Å²) in [5.41, 5.74) is 0. The second-order valence-corrected chi connectivity index (χ2v) is 7.69. The van der Waals surface area contributed by atoms with Crippen molar-refractivity contribution in [3.63, 3.8) is 0 Å². The minimum absolute atomic E-state index is 0.345. The van der Waals surface area contributed by atoms with E-state index in [4.69, 9.17) is 5.14 Å². The van der Waals surface area contributed by atoms with Crippen molar-refractivity contribution in [2.75, 3.05) is 0 Å². The van der Waals surface area contributed by atoms with Crippen molar-refractivity contribution in [3.8, 4) is 0 Å². The summed E-state index contributed by atoms with van der Waals surface area (Å²) in [4.78, 5) is -1.08. The molecule has 0 radical (unpaired) electrons. The van der Waals surface area contributed by atoms with Crippen LogP contribution in [-0.4, -0.2) is 22.9 Å². The molecule has 1 atom stereocenters. The molecule has 0 saturated heterocycles. The van der Waals surface area contributed by atoms with Crippen LogP contribution in [0.2, 0.25) is 0 Å². The van der Waals surface area contributed by atoms with E-state index in [1.54, 1.807) is 6.92 Å². The van der Waals surface area contributed by atoms with Gasteiger partial charge in [0.15, 0.2) is 0 Å². The molecule has 1 rings (SSSR count). The molecule has 20 heavy (non-hydrogen) atoms. The molecule has 6 nitrogen and oxygen atoms in total. The Labute approximate surface area is 118 Å². The van der Waals surface area contributed by atoms with Crippen LogP contribution in [0.4, 0.5) is 4.39 Å². The second-order valence-electron chi connectivity index (χ2n) is 4.45. The van der Waals surface area contributed by atoms with E-state index < -0.39 is 35.7 Å². The van der Waals surface area contributed by atoms with Gasteiger partial charge in [0.05, 0.1) is 4.90 Å². The molecule has 0 aromatic heterocycles. The van der Waals surface area contributed by atoms with E-state index in [2.05, 4.69) is 4.72 Å². The predicted molar refractivity (Wildman–Crippen MR) is 72.5 cm³/mol. The van der Waals surface area contributed by atoms with E-state index in [1.807, 2.05) is 6.92 Å². The van der Waals surface area contributed by atoms with Gasteiger partial charge in [0.1, 0.15) is 10.7 Å². The molecule has 0 saturated carbocycles. The summed E-state index contributed by atoms with van der Waals surface area (Å²) in [6, 6.07) is 2.09. The molecule has 3 N–H and O–H groups in total. The topological polar surface area (TPSA) is 106 Å². The van der Waals surface area contributed by atoms with Crippen LogP contribution in [0.3, 0.4) is 0 Å². The van der Waals surface area contributed by atoms with E-state index in [0.717, 1.165) is 18.6 Å². The minimum Gasteiger partial charge on any atom is -0.225 e. The first kappa shape index (κ1) is 17.0. The maximum absolute atomic E-state index is 13.8. The van der Waals surface area contributed by atoms with Crippen molar-refractivity contribution < 1.29 is 21.2 Å². The normalized spacial score (nSPS) is 14.2. The van der Waals surface area contributed by atoms with Crippen molar-refractivity contribution in [2.24, 2.45) is 5.14 Å². The zero-order valence-corrected chi connectivity index (χ0v) is 12.8. The highest BCUT2D eigenvalue weighted by Gasteiger charge is 2.22. The molecule has 114 valence electrons. The molecular weight excluding hydrogens is 307 g/mol. The van der Waals surface area contributed by atoms with Gasteiger partial charge < -0.3 is 0 Å². The summed E-state index contributed by atoms with van der Waals surface area (Å²) in [5, 5.41) is 4.85. The third-order valence-corrected chi connectivity index (χ3v) is 5.13. The van der Waals surface area contributed by atoms with E-state index in [1.165, 1.54) is 0 Å². The Morgan fingerprint density at radius 1 is 1.30 bits per heavy atom. The van der Waals surface area contributed by atoms with Gasteiger partial charge in [0.2, 0.25) is 20.0 Å². The smallest absolute Gasteiger partial charge is 0.225 e. The lowest BCUT2D eigenvalue weighted by Gasteiger charge is -2.14. The molecule has 0 aliphatic rings. The summed E-state index contributed by atoms with van der Waals surface area (Å²) >= 11 is 0. The predicted octanol–water partition coefficient (Wildman–Crippen LogP) is 0.940. The second kappa shape index (κ2) is 6.17. The van der Waals surface area contributed by atoms with Crippen LogP contribution < -0.4 is 9.86 Å². The van der Waals surface area contributed by atoms with Crippen LogP contribution in [0, 0.1) is 5.82 Å². The van der Waals surface area contributed by atoms with Crippen molar-refractivity contribution in [1.29, 1.82) is 0 Å². The SMILES string of the molecule is CCCC(C)NS(=O)(=O)c1ccc(S(N)(=O)=O)cc1F. The van der Waals surface area contributed by atoms with E-state index in [9.17, 15) is 21.2 Å². The Hall–Kier alpha value is -1.03. The molecule has 0 amide bonds. The summed E-state index contributed by atoms with van der Waals surface area (Å²) in [6.07, 6.45) is 1.38. The third-order valence-electron chi connectivity index (χ3n) is 2.60. The zero-order chi connectivity index (χ0) is 15.6. The number of halogens is 1. The van der Waals surface area contributed by atoms with Crippen LogP contribution in [-0.2, 0) is 20.0 Å². The first-order valence-corrected chi connectivity index (χ1v) is 8.95. The van der Waals surface area contributed by atoms with E-state index in [-0.39, 0.29) is 6.04 Å². The van der Waals surface area contributed by atoms with Crippen molar-refractivity contribution in [2.45, 2.75) is 42.5 Å². The molecule has 1 unspecified atom stereocenters. The van der Waals surface area contributed by atoms with Gasteiger partial charge >= 0.3 is 0 Å². The highest BCUT2D eigenvalue weighted by atomic mass is 32.2. The fourth-order valence-corrected chi connectivity index (χ4v) is 3.56. The average molecular weight is 324 g/mol. The van der Waals surface area contributed by atoms with Crippen LogP contribution in [0.5, 0.6) is 0 Å². The summed E-state index contributed by atoms with van der Waals surface area (Å²) in [7, 11) is -8.11. The summed E-state index contributed by atoms with van der Waals surface area (Å²) < 4.78 is 62.1. The lowest BCUT2D eigenvalue weighted by atomic mass is 10.2. The monoisotopic (exact) mass is 324 g/mol. The van der Waals surface area contributed by atoms with Gasteiger partial charge in [-0.25, -0.2) is 31.1 Å². The molecule has 0 bridgehead atoms. The first-order chi connectivity index (χ1) is 9.08. The number of hydrogen-bond acceptors (Lipinski definition) is 4. The molecule has 0 aliphatic carbocycles. The minimum atomic E-state index is -4.07. The molecule has 0 fully saturated rings. The van der Waals surface area contributed by atoms with Gasteiger partial charge in [-0.05, 0) is 31.5 Å². The Bertz CT molecular complexity index is 686. The van der Waals surface area contributed by atoms with Gasteiger partial charge in [-0.1, -0.05) is 13.3 Å². The maximum atomic E-state index is 13.8. The van der Waals surface area contributed by atoms with Crippen LogP contribution in [0.15, 0.2) is 28.0 Å². The van der Waals surface area contributed by atoms with Gasteiger partial charge in [-0.3, -0.25) is 0 Å². The fourth-order valence-electron chi connectivity index (χ4n) is 1.70. The number of nitrogens with one attached hydrogen (secondary N) is 1. The maximum Gasteiger partial charge on any atom is 0.243 e. The standard InChI is InChI=1S/C11H17FN2O4S2/c1-3-4-8(2)14-20(17,18)11-6-5-9(7-10(11)12)19(13,15)16/h5-8,14H,3-4H2,1-2H3,(H2,13,15,16). The van der Waals surface area contributed by atoms with E-state index >= 15 is 0 Å². The lowest BCUT2D eigenvalue weighted by Crippen LogP contribution is -2.33. The number of primary sulfonamides is 1. The van der Waals surface area contributed by atoms with Crippen LogP contribution in [0.1, 0.15) is 26.7 Å². The van der Waals surface area contributed by atoms with Crippen molar-refractivity contribution in [1.82, 2.24) is 4.72 Å². The number of nitrogens with two attached hydrogens (primary N) is 1. The van der Waals surface area contributed by atoms with Gasteiger partial charge in [-0.15, -0.1) is 0 Å². The zero-order valence-electron chi connectivity index (χ0n) is 11.1. The molecular formula is C11H17FN2O4S2. The Balaban J connectivity index is 3.15. The molecule has 1 aromatic carbocycles. The Kier molecular flexibility index (Phi) is 5.25. The molecule has 0 heterocycles.